The van der Waals surface area contributed by atoms with E-state index in [1.54, 1.807) is 19.2 Å². The van der Waals surface area contributed by atoms with Crippen molar-refractivity contribution in [2.75, 3.05) is 37.7 Å². The number of carbonyl (C=O) groups is 2. The molecule has 2 amide bonds. The second-order valence-corrected chi connectivity index (χ2v) is 12.4. The molecule has 5 aliphatic rings. The number of fused-ring (bicyclic) bond motifs is 6. The average molecular weight is 564 g/mol. The van der Waals surface area contributed by atoms with Crippen LogP contribution in [0.25, 0.3) is 10.2 Å². The van der Waals surface area contributed by atoms with Crippen LogP contribution in [0, 0.1) is 5.92 Å². The van der Waals surface area contributed by atoms with Crippen LogP contribution in [-0.2, 0) is 4.74 Å². The molecule has 10 nitrogen and oxygen atoms in total. The van der Waals surface area contributed by atoms with Gasteiger partial charge in [-0.15, -0.1) is 0 Å². The molecule has 210 valence electrons. The highest BCUT2D eigenvalue weighted by Crippen LogP contribution is 2.45. The van der Waals surface area contributed by atoms with E-state index in [0.29, 0.717) is 53.7 Å². The van der Waals surface area contributed by atoms with Crippen LogP contribution in [0.3, 0.4) is 0 Å². The number of aromatic nitrogens is 2. The van der Waals surface area contributed by atoms with Gasteiger partial charge in [0.15, 0.2) is 5.13 Å². The van der Waals surface area contributed by atoms with Crippen LogP contribution in [0.5, 0.6) is 11.6 Å². The summed E-state index contributed by atoms with van der Waals surface area (Å²) in [4.78, 5) is 39.0. The number of anilines is 2. The maximum absolute atomic E-state index is 13.9. The fraction of sp³-hybridized carbons (Fsp3) is 0.517. The first-order valence-corrected chi connectivity index (χ1v) is 14.8. The number of morpholine rings is 1. The summed E-state index contributed by atoms with van der Waals surface area (Å²) in [6.07, 6.45) is 9.00. The Morgan fingerprint density at radius 1 is 1.07 bits per heavy atom. The lowest BCUT2D eigenvalue weighted by molar-refractivity contribution is 0.0103. The van der Waals surface area contributed by atoms with Crippen molar-refractivity contribution >= 4 is 44.2 Å². The summed E-state index contributed by atoms with van der Waals surface area (Å²) in [7, 11) is 3.05. The minimum absolute atomic E-state index is 0.183. The highest BCUT2D eigenvalue weighted by Gasteiger charge is 2.44. The van der Waals surface area contributed by atoms with Crippen molar-refractivity contribution in [2.45, 2.75) is 62.6 Å². The van der Waals surface area contributed by atoms with Crippen molar-refractivity contribution in [3.8, 4) is 11.6 Å². The zero-order chi connectivity index (χ0) is 27.4. The molecule has 2 saturated heterocycles. The molecule has 2 atom stereocenters. The first-order valence-electron chi connectivity index (χ1n) is 14.0. The highest BCUT2D eigenvalue weighted by molar-refractivity contribution is 7.22. The molecule has 3 aromatic rings. The van der Waals surface area contributed by atoms with Gasteiger partial charge in [-0.05, 0) is 63.0 Å². The van der Waals surface area contributed by atoms with Crippen molar-refractivity contribution in [3.05, 3.63) is 35.5 Å². The van der Waals surface area contributed by atoms with Gasteiger partial charge in [0, 0.05) is 11.6 Å². The van der Waals surface area contributed by atoms with Crippen LogP contribution in [0.1, 0.15) is 65.7 Å². The Morgan fingerprint density at radius 3 is 2.50 bits per heavy atom. The zero-order valence-corrected chi connectivity index (χ0v) is 23.5. The molecule has 1 aromatic carbocycles. The molecule has 11 heteroatoms. The molecule has 2 unspecified atom stereocenters. The smallest absolute Gasteiger partial charge is 0.261 e. The molecule has 40 heavy (non-hydrogen) atoms. The van der Waals surface area contributed by atoms with Crippen molar-refractivity contribution in [1.82, 2.24) is 15.3 Å². The third kappa shape index (κ3) is 4.26. The second-order valence-electron chi connectivity index (χ2n) is 11.4. The van der Waals surface area contributed by atoms with Gasteiger partial charge in [0.05, 0.1) is 67.2 Å². The van der Waals surface area contributed by atoms with E-state index >= 15 is 0 Å². The highest BCUT2D eigenvalue weighted by atomic mass is 32.1. The van der Waals surface area contributed by atoms with Gasteiger partial charge in [-0.3, -0.25) is 9.59 Å². The number of methoxy groups -OCH3 is 2. The summed E-state index contributed by atoms with van der Waals surface area (Å²) in [5.41, 5.74) is 1.58. The average Bonchev–Trinajstić information content (AvgIpc) is 3.40. The number of pyridine rings is 1. The summed E-state index contributed by atoms with van der Waals surface area (Å²) >= 11 is 1.48. The molecular weight excluding hydrogens is 530 g/mol. The summed E-state index contributed by atoms with van der Waals surface area (Å²) in [5.74, 6) is 0.922. The predicted octanol–water partition coefficient (Wildman–Crippen LogP) is 4.39. The molecule has 4 heterocycles. The van der Waals surface area contributed by atoms with Crippen LogP contribution in [0.15, 0.2) is 24.4 Å². The van der Waals surface area contributed by atoms with Gasteiger partial charge in [0.1, 0.15) is 11.3 Å². The molecule has 2 aromatic heterocycles. The summed E-state index contributed by atoms with van der Waals surface area (Å²) < 4.78 is 17.3. The molecule has 3 aliphatic carbocycles. The third-order valence-corrected chi connectivity index (χ3v) is 10.3. The largest absolute Gasteiger partial charge is 0.496 e. The lowest BCUT2D eigenvalue weighted by atomic mass is 9.66. The molecule has 2 aliphatic heterocycles. The topological polar surface area (TPSA) is 115 Å². The molecular formula is C29H33N5O5S. The minimum Gasteiger partial charge on any atom is -0.496 e. The molecule has 5 fully saturated rings. The summed E-state index contributed by atoms with van der Waals surface area (Å²) in [5, 5.41) is 7.16. The van der Waals surface area contributed by atoms with Crippen LogP contribution < -0.4 is 25.0 Å². The molecule has 2 N–H and O–H groups in total. The Kier molecular flexibility index (Phi) is 6.31. The van der Waals surface area contributed by atoms with Gasteiger partial charge in [-0.25, -0.2) is 9.97 Å². The standard InChI is InChI=1S/C29H33N5O5S/c1-37-22-4-3-20-25(40-28(32-20)34-17-11-18(34)15-39-14-17)24(22)27(36)31-21-13-30-23(38-2)12-19(21)26(35)33-29-8-5-16(6-9-29)7-10-29/h3-4,12-13,16-18H,5-11,14-15H2,1-2H3,(H,31,36)(H,33,35). The van der Waals surface area contributed by atoms with Gasteiger partial charge >= 0.3 is 0 Å². The third-order valence-electron chi connectivity index (χ3n) is 9.18. The van der Waals surface area contributed by atoms with Gasteiger partial charge in [0.25, 0.3) is 11.8 Å². The first-order chi connectivity index (χ1) is 19.5. The number of benzene rings is 1. The number of rotatable bonds is 7. The van der Waals surface area contributed by atoms with Crippen molar-refractivity contribution in [2.24, 2.45) is 5.92 Å². The minimum atomic E-state index is -0.387. The van der Waals surface area contributed by atoms with Gasteiger partial charge in [0.2, 0.25) is 5.88 Å². The van der Waals surface area contributed by atoms with Crippen LogP contribution in [0.2, 0.25) is 0 Å². The fourth-order valence-electron chi connectivity index (χ4n) is 6.87. The van der Waals surface area contributed by atoms with E-state index in [9.17, 15) is 9.59 Å². The summed E-state index contributed by atoms with van der Waals surface area (Å²) in [6, 6.07) is 5.87. The number of hydrogen-bond donors (Lipinski definition) is 2. The SMILES string of the molecule is COc1cc(C(=O)NC23CCC(CC2)CC3)c(NC(=O)c2c(OC)ccc3nc(N4C5COCC4C5)sc23)cn1. The van der Waals surface area contributed by atoms with E-state index < -0.39 is 0 Å². The van der Waals surface area contributed by atoms with Crippen LogP contribution in [0.4, 0.5) is 10.8 Å². The zero-order valence-electron chi connectivity index (χ0n) is 22.7. The van der Waals surface area contributed by atoms with Gasteiger partial charge in [-0.2, -0.15) is 0 Å². The second kappa shape index (κ2) is 9.88. The fourth-order valence-corrected chi connectivity index (χ4v) is 8.12. The molecule has 4 bridgehead atoms. The maximum Gasteiger partial charge on any atom is 0.261 e. The van der Waals surface area contributed by atoms with E-state index in [0.717, 1.165) is 66.2 Å². The Labute approximate surface area is 236 Å². The molecule has 3 saturated carbocycles. The van der Waals surface area contributed by atoms with E-state index in [2.05, 4.69) is 20.5 Å². The van der Waals surface area contributed by atoms with Crippen LogP contribution >= 0.6 is 11.3 Å². The number of amides is 2. The van der Waals surface area contributed by atoms with E-state index in [1.807, 2.05) is 6.07 Å². The number of nitrogens with one attached hydrogen (secondary N) is 2. The lowest BCUT2D eigenvalue weighted by Crippen LogP contribution is -2.64. The quantitative estimate of drug-likeness (QED) is 0.435. The number of hydrogen-bond acceptors (Lipinski definition) is 9. The normalized spacial score (nSPS) is 26.8. The Morgan fingerprint density at radius 2 is 1.82 bits per heavy atom. The van der Waals surface area contributed by atoms with E-state index in [-0.39, 0.29) is 17.4 Å². The van der Waals surface area contributed by atoms with E-state index in [4.69, 9.17) is 19.2 Å². The monoisotopic (exact) mass is 563 g/mol. The number of carbonyl (C=O) groups excluding carboxylic acids is 2. The Bertz CT molecular complexity index is 1460. The predicted molar refractivity (Wildman–Crippen MR) is 152 cm³/mol. The van der Waals surface area contributed by atoms with Crippen LogP contribution in [-0.4, -0.2) is 66.8 Å². The maximum atomic E-state index is 13.9. The molecule has 0 radical (unpaired) electrons. The molecule has 8 rings (SSSR count). The van der Waals surface area contributed by atoms with Gasteiger partial charge in [-0.1, -0.05) is 11.3 Å². The van der Waals surface area contributed by atoms with Crippen molar-refractivity contribution in [3.63, 3.8) is 0 Å². The van der Waals surface area contributed by atoms with Crippen molar-refractivity contribution in [1.29, 1.82) is 0 Å². The number of nitrogens with zero attached hydrogens (tertiary/aromatic N) is 3. The van der Waals surface area contributed by atoms with Crippen molar-refractivity contribution < 1.29 is 23.8 Å². The number of thiazole rings is 1. The van der Waals surface area contributed by atoms with Gasteiger partial charge < -0.3 is 29.7 Å². The Balaban J connectivity index is 1.20. The molecule has 0 spiro atoms. The van der Waals surface area contributed by atoms with E-state index in [1.165, 1.54) is 24.6 Å². The summed E-state index contributed by atoms with van der Waals surface area (Å²) in [6.45, 7) is 1.39. The first kappa shape index (κ1) is 25.5. The number of ether oxygens (including phenoxy) is 3. The Hall–Kier alpha value is -3.44. The lowest BCUT2D eigenvalue weighted by Gasteiger charge is -2.52.